The Morgan fingerprint density at radius 2 is 2.00 bits per heavy atom. The quantitative estimate of drug-likeness (QED) is 0.820. The minimum Gasteiger partial charge on any atom is -0.326 e. The lowest BCUT2D eigenvalue weighted by molar-refractivity contribution is 0.930. The monoisotopic (exact) mass is 229 g/mol. The minimum absolute atomic E-state index is 0.218. The molecule has 88 valence electrons. The molecule has 0 aliphatic rings. The number of nitrogens with one attached hydrogen (secondary N) is 1. The van der Waals surface area contributed by atoms with Gasteiger partial charge in [0.15, 0.2) is 0 Å². The second-order valence-corrected chi connectivity index (χ2v) is 4.11. The number of nitrogens with two attached hydrogens (primary N) is 1. The van der Waals surface area contributed by atoms with E-state index in [4.69, 9.17) is 5.73 Å². The maximum absolute atomic E-state index is 11.4. The molecule has 1 heterocycles. The third kappa shape index (κ3) is 2.26. The van der Waals surface area contributed by atoms with Crippen LogP contribution in [0.2, 0.25) is 0 Å². The summed E-state index contributed by atoms with van der Waals surface area (Å²) in [5.74, 6) is 0. The first kappa shape index (κ1) is 11.5. The molecule has 0 saturated carbocycles. The molecular formula is C13H15N3O. The first-order valence-corrected chi connectivity index (χ1v) is 5.48. The zero-order valence-corrected chi connectivity index (χ0v) is 9.95. The minimum atomic E-state index is -0.222. The van der Waals surface area contributed by atoms with Crippen LogP contribution in [0.25, 0.3) is 11.3 Å². The van der Waals surface area contributed by atoms with Crippen LogP contribution in [0.3, 0.4) is 0 Å². The smallest absolute Gasteiger partial charge is 0.268 e. The molecule has 0 spiro atoms. The van der Waals surface area contributed by atoms with Crippen molar-refractivity contribution in [3.05, 3.63) is 51.3 Å². The number of H-pyrrole nitrogens is 1. The van der Waals surface area contributed by atoms with Crippen molar-refractivity contribution in [1.29, 1.82) is 0 Å². The molecule has 4 nitrogen and oxygen atoms in total. The average molecular weight is 229 g/mol. The number of aromatic nitrogens is 2. The molecule has 0 unspecified atom stereocenters. The van der Waals surface area contributed by atoms with Crippen LogP contribution in [-0.4, -0.2) is 10.2 Å². The van der Waals surface area contributed by atoms with Gasteiger partial charge in [-0.05, 0) is 37.1 Å². The van der Waals surface area contributed by atoms with Crippen LogP contribution in [0.15, 0.2) is 29.1 Å². The lowest BCUT2D eigenvalue weighted by atomic mass is 10.0. The normalized spacial score (nSPS) is 10.5. The number of hydrogen-bond donors (Lipinski definition) is 2. The highest BCUT2D eigenvalue weighted by Gasteiger charge is 2.05. The number of aryl methyl sites for hydroxylation is 2. The zero-order chi connectivity index (χ0) is 12.4. The fourth-order valence-corrected chi connectivity index (χ4v) is 1.65. The van der Waals surface area contributed by atoms with Crippen molar-refractivity contribution in [2.75, 3.05) is 0 Å². The molecule has 0 aliphatic carbocycles. The summed E-state index contributed by atoms with van der Waals surface area (Å²) in [5, 5.41) is 6.50. The van der Waals surface area contributed by atoms with E-state index in [0.29, 0.717) is 5.56 Å². The van der Waals surface area contributed by atoms with Crippen LogP contribution in [0.4, 0.5) is 0 Å². The summed E-state index contributed by atoms with van der Waals surface area (Å²) in [6, 6.07) is 7.82. The standard InChI is InChI=1S/C13H15N3O/c1-8-3-4-10(5-9(8)2)12-6-11(7-14)13(17)16-15-12/h3-6H,7,14H2,1-2H3,(H,16,17). The van der Waals surface area contributed by atoms with Crippen LogP contribution in [0, 0.1) is 13.8 Å². The Bertz CT molecular complexity index is 602. The van der Waals surface area contributed by atoms with Gasteiger partial charge in [-0.1, -0.05) is 12.1 Å². The van der Waals surface area contributed by atoms with E-state index < -0.39 is 0 Å². The Hall–Kier alpha value is -1.94. The second kappa shape index (κ2) is 4.51. The van der Waals surface area contributed by atoms with Crippen molar-refractivity contribution >= 4 is 0 Å². The summed E-state index contributed by atoms with van der Waals surface area (Å²) in [5.41, 5.74) is 9.99. The maximum atomic E-state index is 11.4. The van der Waals surface area contributed by atoms with Gasteiger partial charge in [0.25, 0.3) is 5.56 Å². The lowest BCUT2D eigenvalue weighted by Crippen LogP contribution is -2.17. The van der Waals surface area contributed by atoms with Crippen molar-refractivity contribution < 1.29 is 0 Å². The fraction of sp³-hybridized carbons (Fsp3) is 0.231. The number of hydrogen-bond acceptors (Lipinski definition) is 3. The van der Waals surface area contributed by atoms with Crippen LogP contribution in [0.5, 0.6) is 0 Å². The molecule has 0 aliphatic heterocycles. The molecule has 0 amide bonds. The van der Waals surface area contributed by atoms with Crippen LogP contribution < -0.4 is 11.3 Å². The van der Waals surface area contributed by atoms with Gasteiger partial charge in [0.1, 0.15) is 0 Å². The van der Waals surface area contributed by atoms with Gasteiger partial charge < -0.3 is 5.73 Å². The van der Waals surface area contributed by atoms with Crippen molar-refractivity contribution in [1.82, 2.24) is 10.2 Å². The maximum Gasteiger partial charge on any atom is 0.268 e. The number of rotatable bonds is 2. The van der Waals surface area contributed by atoms with Crippen LogP contribution in [0.1, 0.15) is 16.7 Å². The molecule has 4 heteroatoms. The van der Waals surface area contributed by atoms with Crippen molar-refractivity contribution in [3.63, 3.8) is 0 Å². The van der Waals surface area contributed by atoms with E-state index >= 15 is 0 Å². The van der Waals surface area contributed by atoms with E-state index in [2.05, 4.69) is 23.2 Å². The van der Waals surface area contributed by atoms with E-state index in [-0.39, 0.29) is 12.1 Å². The van der Waals surface area contributed by atoms with E-state index in [9.17, 15) is 4.79 Å². The Balaban J connectivity index is 2.53. The van der Waals surface area contributed by atoms with Gasteiger partial charge in [0.2, 0.25) is 0 Å². The SMILES string of the molecule is Cc1ccc(-c2cc(CN)c(=O)[nH]n2)cc1C. The van der Waals surface area contributed by atoms with Crippen molar-refractivity contribution in [2.24, 2.45) is 5.73 Å². The molecule has 0 saturated heterocycles. The predicted molar refractivity (Wildman–Crippen MR) is 67.7 cm³/mol. The number of benzene rings is 1. The first-order chi connectivity index (χ1) is 8.11. The molecule has 17 heavy (non-hydrogen) atoms. The van der Waals surface area contributed by atoms with E-state index in [1.807, 2.05) is 19.1 Å². The first-order valence-electron chi connectivity index (χ1n) is 5.48. The molecule has 1 aromatic carbocycles. The van der Waals surface area contributed by atoms with Gasteiger partial charge in [0, 0.05) is 17.7 Å². The van der Waals surface area contributed by atoms with E-state index in [0.717, 1.165) is 11.3 Å². The van der Waals surface area contributed by atoms with Gasteiger partial charge in [0.05, 0.1) is 5.69 Å². The van der Waals surface area contributed by atoms with Gasteiger partial charge in [-0.2, -0.15) is 5.10 Å². The number of aromatic amines is 1. The van der Waals surface area contributed by atoms with E-state index in [1.54, 1.807) is 6.07 Å². The topological polar surface area (TPSA) is 71.8 Å². The van der Waals surface area contributed by atoms with Gasteiger partial charge in [-0.15, -0.1) is 0 Å². The molecule has 0 atom stereocenters. The Kier molecular flexibility index (Phi) is 3.06. The molecule has 1 aromatic heterocycles. The Labute approximate surface area is 99.5 Å². The van der Waals surface area contributed by atoms with Crippen molar-refractivity contribution in [2.45, 2.75) is 20.4 Å². The third-order valence-electron chi connectivity index (χ3n) is 2.90. The predicted octanol–water partition coefficient (Wildman–Crippen LogP) is 1.51. The van der Waals surface area contributed by atoms with Crippen LogP contribution >= 0.6 is 0 Å². The summed E-state index contributed by atoms with van der Waals surface area (Å²) in [7, 11) is 0. The average Bonchev–Trinajstić information content (AvgIpc) is 2.33. The summed E-state index contributed by atoms with van der Waals surface area (Å²) in [6.45, 7) is 4.33. The molecule has 0 bridgehead atoms. The molecule has 0 radical (unpaired) electrons. The molecular weight excluding hydrogens is 214 g/mol. The van der Waals surface area contributed by atoms with Gasteiger partial charge in [-0.3, -0.25) is 4.79 Å². The summed E-state index contributed by atoms with van der Waals surface area (Å²) >= 11 is 0. The number of nitrogens with zero attached hydrogens (tertiary/aromatic N) is 1. The highest BCUT2D eigenvalue weighted by atomic mass is 16.1. The summed E-state index contributed by atoms with van der Waals surface area (Å²) < 4.78 is 0. The van der Waals surface area contributed by atoms with Gasteiger partial charge in [-0.25, -0.2) is 5.10 Å². The Morgan fingerprint density at radius 3 is 2.65 bits per heavy atom. The molecule has 2 aromatic rings. The van der Waals surface area contributed by atoms with Crippen molar-refractivity contribution in [3.8, 4) is 11.3 Å². The lowest BCUT2D eigenvalue weighted by Gasteiger charge is -2.05. The highest BCUT2D eigenvalue weighted by molar-refractivity contribution is 5.60. The summed E-state index contributed by atoms with van der Waals surface area (Å²) in [6.07, 6.45) is 0. The fourth-order valence-electron chi connectivity index (χ4n) is 1.65. The van der Waals surface area contributed by atoms with Gasteiger partial charge >= 0.3 is 0 Å². The third-order valence-corrected chi connectivity index (χ3v) is 2.90. The molecule has 2 rings (SSSR count). The molecule has 0 fully saturated rings. The van der Waals surface area contributed by atoms with Crippen LogP contribution in [-0.2, 0) is 6.54 Å². The highest BCUT2D eigenvalue weighted by Crippen LogP contribution is 2.19. The second-order valence-electron chi connectivity index (χ2n) is 4.11. The Morgan fingerprint density at radius 1 is 1.24 bits per heavy atom. The van der Waals surface area contributed by atoms with E-state index in [1.165, 1.54) is 11.1 Å². The molecule has 3 N–H and O–H groups in total. The summed E-state index contributed by atoms with van der Waals surface area (Å²) in [4.78, 5) is 11.4. The largest absolute Gasteiger partial charge is 0.326 e. The zero-order valence-electron chi connectivity index (χ0n) is 9.95.